The van der Waals surface area contributed by atoms with Crippen LogP contribution in [0.15, 0.2) is 53.4 Å². The molecule has 0 saturated heterocycles. The highest BCUT2D eigenvalue weighted by atomic mass is 35.5. The Balaban J connectivity index is 1.93. The number of nitrogens with one attached hydrogen (secondary N) is 1. The molecule has 4 rings (SSSR count). The Labute approximate surface area is 186 Å². The molecule has 32 heavy (non-hydrogen) atoms. The minimum Gasteiger partial charge on any atom is -0.505 e. The number of benzene rings is 3. The highest BCUT2D eigenvalue weighted by molar-refractivity contribution is 7.92. The van der Waals surface area contributed by atoms with Crippen molar-refractivity contribution in [2.75, 3.05) is 17.9 Å². The highest BCUT2D eigenvalue weighted by Gasteiger charge is 2.26. The first-order valence-corrected chi connectivity index (χ1v) is 11.0. The van der Waals surface area contributed by atoms with Gasteiger partial charge in [-0.3, -0.25) is 4.72 Å². The van der Waals surface area contributed by atoms with E-state index >= 15 is 0 Å². The van der Waals surface area contributed by atoms with Gasteiger partial charge >= 0.3 is 5.97 Å². The monoisotopic (exact) mass is 481 g/mol. The molecule has 0 unspecified atom stereocenters. The van der Waals surface area contributed by atoms with Crippen molar-refractivity contribution in [2.45, 2.75) is 4.90 Å². The predicted molar refractivity (Wildman–Crippen MR) is 111 cm³/mol. The van der Waals surface area contributed by atoms with Crippen LogP contribution in [0.25, 0.3) is 11.1 Å². The standard InChI is InChI=1S/C21H14ClF2NO6S/c22-14-7-11-8-19(20(14)26)32(28,29)25-17-9-13(15(23)10-16(17)24)12-3-1-2-4-18(12)30-5-6-31-21(11)27/h1-4,7-10,25-26H,5-6H2. The van der Waals surface area contributed by atoms with Crippen LogP contribution in [0.5, 0.6) is 11.5 Å². The van der Waals surface area contributed by atoms with Crippen molar-refractivity contribution in [2.24, 2.45) is 0 Å². The molecule has 0 radical (unpaired) electrons. The molecule has 1 aliphatic rings. The number of anilines is 1. The lowest BCUT2D eigenvalue weighted by molar-refractivity contribution is 0.0450. The first kappa shape index (κ1) is 21.8. The summed E-state index contributed by atoms with van der Waals surface area (Å²) in [5.41, 5.74) is -0.765. The van der Waals surface area contributed by atoms with Gasteiger partial charge in [-0.25, -0.2) is 22.0 Å². The summed E-state index contributed by atoms with van der Waals surface area (Å²) in [6.45, 7) is -0.323. The maximum Gasteiger partial charge on any atom is 0.338 e. The SMILES string of the molecule is O=C1OCCOc2ccccc2-c2cc(c(F)cc2F)NS(=O)(=O)c2cc1cc(Cl)c2O. The molecular formula is C21H14ClF2NO6S. The van der Waals surface area contributed by atoms with Crippen LogP contribution < -0.4 is 9.46 Å². The second-order valence-corrected chi connectivity index (χ2v) is 8.76. The lowest BCUT2D eigenvalue weighted by atomic mass is 10.0. The number of esters is 1. The number of carbonyl (C=O) groups excluding carboxylic acids is 1. The number of sulfonamides is 1. The van der Waals surface area contributed by atoms with Gasteiger partial charge in [0.25, 0.3) is 10.0 Å². The van der Waals surface area contributed by atoms with Gasteiger partial charge in [-0.2, -0.15) is 0 Å². The number of aromatic hydroxyl groups is 1. The fraction of sp³-hybridized carbons (Fsp3) is 0.0952. The lowest BCUT2D eigenvalue weighted by Gasteiger charge is -2.15. The number of ether oxygens (including phenoxy) is 2. The van der Waals surface area contributed by atoms with E-state index in [1.807, 2.05) is 4.72 Å². The van der Waals surface area contributed by atoms with Crippen LogP contribution in [-0.4, -0.2) is 32.7 Å². The molecule has 0 saturated carbocycles. The molecule has 0 spiro atoms. The topological polar surface area (TPSA) is 102 Å². The second-order valence-electron chi connectivity index (χ2n) is 6.70. The molecule has 3 aromatic rings. The molecule has 166 valence electrons. The molecule has 2 N–H and O–H groups in total. The molecule has 0 fully saturated rings. The Hall–Kier alpha value is -3.37. The van der Waals surface area contributed by atoms with Crippen molar-refractivity contribution >= 4 is 33.3 Å². The van der Waals surface area contributed by atoms with Gasteiger partial charge in [-0.15, -0.1) is 0 Å². The van der Waals surface area contributed by atoms with E-state index in [0.29, 0.717) is 6.07 Å². The minimum absolute atomic E-state index is 0.104. The molecule has 11 heteroatoms. The van der Waals surface area contributed by atoms with E-state index < -0.39 is 49.0 Å². The first-order valence-electron chi connectivity index (χ1n) is 9.11. The summed E-state index contributed by atoms with van der Waals surface area (Å²) in [5.74, 6) is -3.72. The van der Waals surface area contributed by atoms with Gasteiger partial charge in [0.2, 0.25) is 0 Å². The third-order valence-electron chi connectivity index (χ3n) is 4.61. The van der Waals surface area contributed by atoms with Gasteiger partial charge in [0, 0.05) is 17.2 Å². The number of carbonyl (C=O) groups is 1. The Bertz CT molecular complexity index is 1350. The van der Waals surface area contributed by atoms with Gasteiger partial charge in [0.1, 0.15) is 35.5 Å². The summed E-state index contributed by atoms with van der Waals surface area (Å²) in [5, 5.41) is 9.73. The molecule has 1 aliphatic heterocycles. The largest absolute Gasteiger partial charge is 0.505 e. The Morgan fingerprint density at radius 3 is 2.47 bits per heavy atom. The van der Waals surface area contributed by atoms with E-state index in [4.69, 9.17) is 21.1 Å². The average Bonchev–Trinajstić information content (AvgIpc) is 2.74. The van der Waals surface area contributed by atoms with Crippen LogP contribution in [0.3, 0.4) is 0 Å². The number of hydrogen-bond acceptors (Lipinski definition) is 6. The van der Waals surface area contributed by atoms with Crippen molar-refractivity contribution in [3.63, 3.8) is 0 Å². The number of cyclic esters (lactones) is 1. The smallest absolute Gasteiger partial charge is 0.338 e. The molecule has 0 aromatic heterocycles. The summed E-state index contributed by atoms with van der Waals surface area (Å²) in [6.07, 6.45) is 0. The Morgan fingerprint density at radius 2 is 1.69 bits per heavy atom. The maximum absolute atomic E-state index is 14.6. The summed E-state index contributed by atoms with van der Waals surface area (Å²) in [7, 11) is -4.65. The summed E-state index contributed by atoms with van der Waals surface area (Å²) >= 11 is 5.88. The van der Waals surface area contributed by atoms with E-state index in [9.17, 15) is 27.1 Å². The summed E-state index contributed by atoms with van der Waals surface area (Å²) < 4.78 is 67.5. The zero-order valence-electron chi connectivity index (χ0n) is 16.1. The van der Waals surface area contributed by atoms with Gasteiger partial charge < -0.3 is 14.6 Å². The fourth-order valence-corrected chi connectivity index (χ4v) is 4.59. The van der Waals surface area contributed by atoms with Crippen LogP contribution in [0.1, 0.15) is 10.4 Å². The molecule has 3 aromatic carbocycles. The molecular weight excluding hydrogens is 468 g/mol. The van der Waals surface area contributed by atoms with Crippen LogP contribution >= 0.6 is 11.6 Å². The Morgan fingerprint density at radius 1 is 0.969 bits per heavy atom. The summed E-state index contributed by atoms with van der Waals surface area (Å²) in [4.78, 5) is 11.6. The molecule has 7 nitrogen and oxygen atoms in total. The van der Waals surface area contributed by atoms with Crippen molar-refractivity contribution < 1.29 is 36.6 Å². The van der Waals surface area contributed by atoms with Gasteiger partial charge in [0.15, 0.2) is 5.75 Å². The predicted octanol–water partition coefficient (Wildman–Crippen LogP) is 4.34. The third kappa shape index (κ3) is 4.06. The molecule has 4 bridgehead atoms. The van der Waals surface area contributed by atoms with Gasteiger partial charge in [-0.05, 0) is 24.3 Å². The molecule has 0 atom stereocenters. The summed E-state index contributed by atoms with van der Waals surface area (Å²) in [6, 6.07) is 9.61. The number of phenols is 1. The van der Waals surface area contributed by atoms with E-state index in [1.165, 1.54) is 12.1 Å². The fourth-order valence-electron chi connectivity index (χ4n) is 3.11. The van der Waals surface area contributed by atoms with E-state index in [0.717, 1.165) is 18.2 Å². The van der Waals surface area contributed by atoms with Crippen LogP contribution in [0.4, 0.5) is 14.5 Å². The molecule has 0 aliphatic carbocycles. The van der Waals surface area contributed by atoms with Crippen molar-refractivity contribution in [1.82, 2.24) is 0 Å². The van der Waals surface area contributed by atoms with Crippen molar-refractivity contribution in [1.29, 1.82) is 0 Å². The highest BCUT2D eigenvalue weighted by Crippen LogP contribution is 2.37. The van der Waals surface area contributed by atoms with E-state index in [2.05, 4.69) is 0 Å². The normalized spacial score (nSPS) is 15.3. The van der Waals surface area contributed by atoms with Crippen LogP contribution in [0.2, 0.25) is 5.02 Å². The van der Waals surface area contributed by atoms with Crippen LogP contribution in [-0.2, 0) is 14.8 Å². The minimum atomic E-state index is -4.65. The number of phenolic OH excluding ortho intramolecular Hbond substituents is 1. The number of rotatable bonds is 0. The molecule has 1 heterocycles. The molecule has 0 amide bonds. The average molecular weight is 482 g/mol. The number of halogens is 3. The maximum atomic E-state index is 14.6. The number of hydrogen-bond donors (Lipinski definition) is 2. The van der Waals surface area contributed by atoms with E-state index in [1.54, 1.807) is 12.1 Å². The van der Waals surface area contributed by atoms with E-state index in [-0.39, 0.29) is 35.7 Å². The quantitative estimate of drug-likeness (QED) is 0.463. The number of fused-ring (bicyclic) bond motifs is 6. The lowest BCUT2D eigenvalue weighted by Crippen LogP contribution is -2.16. The van der Waals surface area contributed by atoms with Gasteiger partial charge in [-0.1, -0.05) is 29.8 Å². The van der Waals surface area contributed by atoms with Crippen molar-refractivity contribution in [3.8, 4) is 22.6 Å². The van der Waals surface area contributed by atoms with Crippen molar-refractivity contribution in [3.05, 3.63) is 70.8 Å². The number of para-hydroxylation sites is 1. The van der Waals surface area contributed by atoms with Crippen LogP contribution in [0, 0.1) is 11.6 Å². The first-order chi connectivity index (χ1) is 15.2. The second kappa shape index (κ2) is 8.29. The zero-order valence-corrected chi connectivity index (χ0v) is 17.6. The Kier molecular flexibility index (Phi) is 5.66. The third-order valence-corrected chi connectivity index (χ3v) is 6.27. The van der Waals surface area contributed by atoms with Gasteiger partial charge in [0.05, 0.1) is 16.3 Å². The zero-order chi connectivity index (χ0) is 23.0.